The maximum Gasteiger partial charge on any atom is 0.339 e. The normalized spacial score (nSPS) is 10.4. The van der Waals surface area contributed by atoms with Gasteiger partial charge in [-0.05, 0) is 36.4 Å². The molecule has 0 fully saturated rings. The lowest BCUT2D eigenvalue weighted by Crippen LogP contribution is -2.13. The van der Waals surface area contributed by atoms with Gasteiger partial charge in [0.1, 0.15) is 19.0 Å². The van der Waals surface area contributed by atoms with Gasteiger partial charge in [0, 0.05) is 10.0 Å². The molecule has 7 heteroatoms. The van der Waals surface area contributed by atoms with Crippen LogP contribution in [0.5, 0.6) is 5.75 Å². The second kappa shape index (κ2) is 7.93. The number of halogens is 4. The molecule has 0 aliphatic rings. The third-order valence-electron chi connectivity index (χ3n) is 2.62. The SMILES string of the molecule is O=C(OCCOc1ccc(Cl)cc1Cl)c1cc(Cl)ccc1Cl. The van der Waals surface area contributed by atoms with Crippen molar-refractivity contribution < 1.29 is 14.3 Å². The minimum absolute atomic E-state index is 0.0423. The molecule has 0 radical (unpaired) electrons. The van der Waals surface area contributed by atoms with Crippen molar-refractivity contribution in [3.63, 3.8) is 0 Å². The van der Waals surface area contributed by atoms with Crippen LogP contribution in [0.4, 0.5) is 0 Å². The van der Waals surface area contributed by atoms with Gasteiger partial charge in [0.2, 0.25) is 0 Å². The number of benzene rings is 2. The molecule has 0 aliphatic carbocycles. The van der Waals surface area contributed by atoms with Crippen LogP contribution in [0.3, 0.4) is 0 Å². The van der Waals surface area contributed by atoms with Crippen LogP contribution in [0.25, 0.3) is 0 Å². The van der Waals surface area contributed by atoms with Crippen LogP contribution in [0.15, 0.2) is 36.4 Å². The van der Waals surface area contributed by atoms with Gasteiger partial charge >= 0.3 is 5.97 Å². The largest absolute Gasteiger partial charge is 0.488 e. The van der Waals surface area contributed by atoms with E-state index in [1.807, 2.05) is 0 Å². The smallest absolute Gasteiger partial charge is 0.339 e. The molecule has 0 spiro atoms. The van der Waals surface area contributed by atoms with Crippen molar-refractivity contribution in [3.8, 4) is 5.75 Å². The standard InChI is InChI=1S/C15H10Cl4O3/c16-9-1-3-12(18)11(7-9)15(20)22-6-5-21-14-4-2-10(17)8-13(14)19/h1-4,7-8H,5-6H2. The van der Waals surface area contributed by atoms with E-state index in [-0.39, 0.29) is 23.8 Å². The molecule has 0 unspecified atom stereocenters. The maximum atomic E-state index is 11.9. The monoisotopic (exact) mass is 378 g/mol. The zero-order valence-electron chi connectivity index (χ0n) is 11.1. The molecular formula is C15H10Cl4O3. The summed E-state index contributed by atoms with van der Waals surface area (Å²) in [6, 6.07) is 9.43. The minimum atomic E-state index is -0.571. The maximum absolute atomic E-state index is 11.9. The summed E-state index contributed by atoms with van der Waals surface area (Å²) in [4.78, 5) is 11.9. The van der Waals surface area contributed by atoms with Crippen LogP contribution in [-0.2, 0) is 4.74 Å². The Kier molecular flexibility index (Phi) is 6.21. The van der Waals surface area contributed by atoms with E-state index in [2.05, 4.69) is 0 Å². The fraction of sp³-hybridized carbons (Fsp3) is 0.133. The van der Waals surface area contributed by atoms with Crippen LogP contribution in [0.1, 0.15) is 10.4 Å². The molecule has 116 valence electrons. The number of rotatable bonds is 5. The Bertz CT molecular complexity index is 688. The molecule has 0 bridgehead atoms. The summed E-state index contributed by atoms with van der Waals surface area (Å²) < 4.78 is 10.5. The fourth-order valence-electron chi connectivity index (χ4n) is 1.61. The Hall–Kier alpha value is -1.13. The zero-order valence-corrected chi connectivity index (χ0v) is 14.1. The number of esters is 1. The van der Waals surface area contributed by atoms with E-state index in [1.165, 1.54) is 12.1 Å². The predicted molar refractivity (Wildman–Crippen MR) is 88.7 cm³/mol. The molecule has 0 heterocycles. The summed E-state index contributed by atoms with van der Waals surface area (Å²) >= 11 is 23.5. The first-order valence-electron chi connectivity index (χ1n) is 6.17. The molecule has 2 aromatic rings. The molecule has 0 aliphatic heterocycles. The molecule has 0 atom stereocenters. The lowest BCUT2D eigenvalue weighted by Gasteiger charge is -2.09. The molecule has 0 N–H and O–H groups in total. The van der Waals surface area contributed by atoms with Crippen LogP contribution in [0.2, 0.25) is 20.1 Å². The van der Waals surface area contributed by atoms with Gasteiger partial charge in [-0.1, -0.05) is 46.4 Å². The first-order chi connectivity index (χ1) is 10.5. The molecule has 3 nitrogen and oxygen atoms in total. The van der Waals surface area contributed by atoms with Gasteiger partial charge in [-0.25, -0.2) is 4.79 Å². The first-order valence-corrected chi connectivity index (χ1v) is 7.68. The van der Waals surface area contributed by atoms with Gasteiger partial charge in [-0.2, -0.15) is 0 Å². The Morgan fingerprint density at radius 3 is 2.27 bits per heavy atom. The van der Waals surface area contributed by atoms with Crippen LogP contribution < -0.4 is 4.74 Å². The van der Waals surface area contributed by atoms with E-state index < -0.39 is 5.97 Å². The third-order valence-corrected chi connectivity index (χ3v) is 3.71. The van der Waals surface area contributed by atoms with Gasteiger partial charge in [0.15, 0.2) is 0 Å². The van der Waals surface area contributed by atoms with Gasteiger partial charge in [-0.3, -0.25) is 0 Å². The van der Waals surface area contributed by atoms with Crippen molar-refractivity contribution in [1.29, 1.82) is 0 Å². The lowest BCUT2D eigenvalue weighted by molar-refractivity contribution is 0.0450. The Morgan fingerprint density at radius 1 is 0.864 bits per heavy atom. The van der Waals surface area contributed by atoms with Crippen LogP contribution >= 0.6 is 46.4 Å². The Balaban J connectivity index is 1.86. The summed E-state index contributed by atoms with van der Waals surface area (Å²) in [5.41, 5.74) is 0.207. The van der Waals surface area contributed by atoms with Crippen molar-refractivity contribution in [2.45, 2.75) is 0 Å². The second-order valence-electron chi connectivity index (χ2n) is 4.18. The van der Waals surface area contributed by atoms with E-state index in [1.54, 1.807) is 24.3 Å². The highest BCUT2D eigenvalue weighted by atomic mass is 35.5. The highest BCUT2D eigenvalue weighted by molar-refractivity contribution is 6.36. The van der Waals surface area contributed by atoms with Crippen molar-refractivity contribution in [2.75, 3.05) is 13.2 Å². The molecule has 2 aromatic carbocycles. The summed E-state index contributed by atoms with van der Waals surface area (Å²) in [7, 11) is 0. The fourth-order valence-corrected chi connectivity index (χ4v) is 2.44. The van der Waals surface area contributed by atoms with E-state index in [0.29, 0.717) is 20.8 Å². The second-order valence-corrected chi connectivity index (χ2v) is 5.87. The van der Waals surface area contributed by atoms with E-state index in [4.69, 9.17) is 55.9 Å². The molecule has 22 heavy (non-hydrogen) atoms. The van der Waals surface area contributed by atoms with E-state index >= 15 is 0 Å². The summed E-state index contributed by atoms with van der Waals surface area (Å²) in [6.07, 6.45) is 0. The lowest BCUT2D eigenvalue weighted by atomic mass is 10.2. The van der Waals surface area contributed by atoms with E-state index in [9.17, 15) is 4.79 Å². The number of carbonyl (C=O) groups excluding carboxylic acids is 1. The van der Waals surface area contributed by atoms with Crippen LogP contribution in [-0.4, -0.2) is 19.2 Å². The number of hydrogen-bond donors (Lipinski definition) is 0. The molecule has 0 saturated carbocycles. The minimum Gasteiger partial charge on any atom is -0.488 e. The molecule has 2 rings (SSSR count). The van der Waals surface area contributed by atoms with Crippen molar-refractivity contribution in [2.24, 2.45) is 0 Å². The molecule has 0 aromatic heterocycles. The van der Waals surface area contributed by atoms with Gasteiger partial charge in [-0.15, -0.1) is 0 Å². The van der Waals surface area contributed by atoms with Crippen LogP contribution in [0, 0.1) is 0 Å². The number of hydrogen-bond acceptors (Lipinski definition) is 3. The predicted octanol–water partition coefficient (Wildman–Crippen LogP) is 5.54. The van der Waals surface area contributed by atoms with Crippen molar-refractivity contribution in [3.05, 3.63) is 62.1 Å². The highest BCUT2D eigenvalue weighted by Crippen LogP contribution is 2.27. The molecule has 0 saturated heterocycles. The van der Waals surface area contributed by atoms with Crippen molar-refractivity contribution >= 4 is 52.4 Å². The average Bonchev–Trinajstić information content (AvgIpc) is 2.47. The quantitative estimate of drug-likeness (QED) is 0.505. The number of ether oxygens (including phenoxy) is 2. The molecule has 0 amide bonds. The summed E-state index contributed by atoms with van der Waals surface area (Å²) in [5.74, 6) is -0.110. The highest BCUT2D eigenvalue weighted by Gasteiger charge is 2.12. The Labute approximate surface area is 147 Å². The third kappa shape index (κ3) is 4.68. The Morgan fingerprint density at radius 2 is 1.55 bits per heavy atom. The molecular weight excluding hydrogens is 370 g/mol. The topological polar surface area (TPSA) is 35.5 Å². The zero-order chi connectivity index (χ0) is 16.1. The van der Waals surface area contributed by atoms with Gasteiger partial charge < -0.3 is 9.47 Å². The summed E-state index contributed by atoms with van der Waals surface area (Å²) in [5, 5.41) is 1.58. The summed E-state index contributed by atoms with van der Waals surface area (Å²) in [6.45, 7) is 0.186. The number of carbonyl (C=O) groups is 1. The van der Waals surface area contributed by atoms with Gasteiger partial charge in [0.05, 0.1) is 15.6 Å². The average molecular weight is 380 g/mol. The van der Waals surface area contributed by atoms with Crippen molar-refractivity contribution in [1.82, 2.24) is 0 Å². The first kappa shape index (κ1) is 17.2. The van der Waals surface area contributed by atoms with Gasteiger partial charge in [0.25, 0.3) is 0 Å². The van der Waals surface area contributed by atoms with E-state index in [0.717, 1.165) is 0 Å².